The van der Waals surface area contributed by atoms with Gasteiger partial charge in [0.2, 0.25) is 5.91 Å². The van der Waals surface area contributed by atoms with Crippen molar-refractivity contribution in [3.05, 3.63) is 51.5 Å². The zero-order valence-corrected chi connectivity index (χ0v) is 16.1. The van der Waals surface area contributed by atoms with Crippen LogP contribution in [0, 0.1) is 12.7 Å². The van der Waals surface area contributed by atoms with Crippen molar-refractivity contribution in [1.29, 1.82) is 0 Å². The molecule has 0 unspecified atom stereocenters. The molecule has 0 saturated carbocycles. The van der Waals surface area contributed by atoms with Gasteiger partial charge in [0.05, 0.1) is 10.7 Å². The number of hydrogen-bond acceptors (Lipinski definition) is 3. The number of aryl methyl sites for hydroxylation is 2. The summed E-state index contributed by atoms with van der Waals surface area (Å²) in [6, 6.07) is 4.72. The first-order chi connectivity index (χ1) is 12.4. The van der Waals surface area contributed by atoms with Crippen LogP contribution in [-0.2, 0) is 17.9 Å². The molecule has 26 heavy (non-hydrogen) atoms. The van der Waals surface area contributed by atoms with E-state index in [0.717, 1.165) is 5.69 Å². The van der Waals surface area contributed by atoms with E-state index in [1.165, 1.54) is 6.07 Å². The van der Waals surface area contributed by atoms with Crippen molar-refractivity contribution in [3.63, 3.8) is 0 Å². The Bertz CT molecular complexity index is 748. The Labute approximate surface area is 162 Å². The highest BCUT2D eigenvalue weighted by molar-refractivity contribution is 6.31. The third kappa shape index (κ3) is 4.55. The van der Waals surface area contributed by atoms with Gasteiger partial charge in [0.1, 0.15) is 5.82 Å². The van der Waals surface area contributed by atoms with Crippen LogP contribution in [0.5, 0.6) is 0 Å². The smallest absolute Gasteiger partial charge is 0.224 e. The molecule has 1 aliphatic rings. The molecular formula is C18H21Cl2FN4O. The summed E-state index contributed by atoms with van der Waals surface area (Å²) >= 11 is 12.1. The Morgan fingerprint density at radius 1 is 1.19 bits per heavy atom. The molecule has 0 aliphatic carbocycles. The highest BCUT2D eigenvalue weighted by atomic mass is 35.5. The lowest BCUT2D eigenvalue weighted by molar-refractivity contribution is -0.133. The zero-order valence-electron chi connectivity index (χ0n) is 14.6. The second-order valence-corrected chi connectivity index (χ2v) is 7.25. The number of rotatable bonds is 5. The SMILES string of the molecule is Cc1nn(CCC(=O)N2CCN(Cc3c(F)cccc3Cl)CC2)cc1Cl. The van der Waals surface area contributed by atoms with Crippen molar-refractivity contribution >= 4 is 29.1 Å². The number of carbonyl (C=O) groups is 1. The van der Waals surface area contributed by atoms with E-state index in [-0.39, 0.29) is 11.7 Å². The fraction of sp³-hybridized carbons (Fsp3) is 0.444. The van der Waals surface area contributed by atoms with E-state index < -0.39 is 0 Å². The molecule has 1 fully saturated rings. The molecule has 3 rings (SSSR count). The number of nitrogens with zero attached hydrogens (tertiary/aromatic N) is 4. The molecule has 1 aromatic carbocycles. The van der Waals surface area contributed by atoms with Crippen LogP contribution >= 0.6 is 23.2 Å². The number of amides is 1. The van der Waals surface area contributed by atoms with Crippen molar-refractivity contribution in [2.75, 3.05) is 26.2 Å². The highest BCUT2D eigenvalue weighted by Crippen LogP contribution is 2.21. The van der Waals surface area contributed by atoms with Gasteiger partial charge in [-0.3, -0.25) is 14.4 Å². The van der Waals surface area contributed by atoms with Gasteiger partial charge in [-0.25, -0.2) is 4.39 Å². The minimum Gasteiger partial charge on any atom is -0.340 e. The molecular weight excluding hydrogens is 378 g/mol. The van der Waals surface area contributed by atoms with Crippen LogP contribution in [-0.4, -0.2) is 51.7 Å². The molecule has 5 nitrogen and oxygen atoms in total. The fourth-order valence-corrected chi connectivity index (χ4v) is 3.41. The molecule has 0 N–H and O–H groups in total. The van der Waals surface area contributed by atoms with E-state index in [9.17, 15) is 9.18 Å². The maximum atomic E-state index is 13.9. The monoisotopic (exact) mass is 398 g/mol. The summed E-state index contributed by atoms with van der Waals surface area (Å²) in [6.07, 6.45) is 2.12. The Morgan fingerprint density at radius 2 is 1.92 bits per heavy atom. The number of benzene rings is 1. The lowest BCUT2D eigenvalue weighted by Crippen LogP contribution is -2.48. The molecule has 0 spiro atoms. The Hall–Kier alpha value is -1.63. The van der Waals surface area contributed by atoms with E-state index in [1.54, 1.807) is 23.0 Å². The third-order valence-electron chi connectivity index (χ3n) is 4.61. The standard InChI is InChI=1S/C18H21Cl2FN4O/c1-13-16(20)12-25(22-13)6-5-18(26)24-9-7-23(8-10-24)11-14-15(19)3-2-4-17(14)21/h2-4,12H,5-11H2,1H3. The van der Waals surface area contributed by atoms with Crippen LogP contribution in [0.1, 0.15) is 17.7 Å². The molecule has 140 valence electrons. The molecule has 8 heteroatoms. The summed E-state index contributed by atoms with van der Waals surface area (Å²) in [6.45, 7) is 5.46. The molecule has 1 saturated heterocycles. The van der Waals surface area contributed by atoms with Crippen LogP contribution in [0.25, 0.3) is 0 Å². The van der Waals surface area contributed by atoms with Crippen molar-refractivity contribution in [3.8, 4) is 0 Å². The van der Waals surface area contributed by atoms with E-state index in [1.807, 2.05) is 11.8 Å². The normalized spacial score (nSPS) is 15.5. The molecule has 0 radical (unpaired) electrons. The molecule has 0 atom stereocenters. The second kappa shape index (κ2) is 8.37. The van der Waals surface area contributed by atoms with Crippen LogP contribution in [0.3, 0.4) is 0 Å². The summed E-state index contributed by atoms with van der Waals surface area (Å²) in [5, 5.41) is 5.31. The lowest BCUT2D eigenvalue weighted by Gasteiger charge is -2.35. The molecule has 2 aromatic rings. The summed E-state index contributed by atoms with van der Waals surface area (Å²) in [7, 11) is 0. The van der Waals surface area contributed by atoms with E-state index in [2.05, 4.69) is 10.00 Å². The maximum absolute atomic E-state index is 13.9. The number of halogens is 3. The number of carbonyl (C=O) groups excluding carboxylic acids is 1. The van der Waals surface area contributed by atoms with Crippen LogP contribution in [0.4, 0.5) is 4.39 Å². The van der Waals surface area contributed by atoms with E-state index in [4.69, 9.17) is 23.2 Å². The predicted octanol–water partition coefficient (Wildman–Crippen LogP) is 3.37. The van der Waals surface area contributed by atoms with Gasteiger partial charge in [-0.2, -0.15) is 5.10 Å². The fourth-order valence-electron chi connectivity index (χ4n) is 3.04. The zero-order chi connectivity index (χ0) is 18.7. The van der Waals surface area contributed by atoms with E-state index in [0.29, 0.717) is 61.3 Å². The summed E-state index contributed by atoms with van der Waals surface area (Å²) < 4.78 is 15.6. The highest BCUT2D eigenvalue weighted by Gasteiger charge is 2.22. The number of hydrogen-bond donors (Lipinski definition) is 0. The van der Waals surface area contributed by atoms with Gasteiger partial charge in [0, 0.05) is 62.5 Å². The van der Waals surface area contributed by atoms with Gasteiger partial charge >= 0.3 is 0 Å². The summed E-state index contributed by atoms with van der Waals surface area (Å²) in [4.78, 5) is 16.3. The Kier molecular flexibility index (Phi) is 6.16. The van der Waals surface area contributed by atoms with Gasteiger partial charge in [-0.1, -0.05) is 29.3 Å². The van der Waals surface area contributed by atoms with Crippen LogP contribution < -0.4 is 0 Å². The average Bonchev–Trinajstić information content (AvgIpc) is 2.95. The summed E-state index contributed by atoms with van der Waals surface area (Å²) in [5.74, 6) is -0.193. The number of aromatic nitrogens is 2. The van der Waals surface area contributed by atoms with Crippen molar-refractivity contribution < 1.29 is 9.18 Å². The summed E-state index contributed by atoms with van der Waals surface area (Å²) in [5.41, 5.74) is 1.28. The second-order valence-electron chi connectivity index (χ2n) is 6.43. The van der Waals surface area contributed by atoms with Crippen molar-refractivity contribution in [1.82, 2.24) is 19.6 Å². The van der Waals surface area contributed by atoms with Gasteiger partial charge < -0.3 is 4.90 Å². The van der Waals surface area contributed by atoms with Crippen LogP contribution in [0.15, 0.2) is 24.4 Å². The Balaban J connectivity index is 1.48. The minimum atomic E-state index is -0.288. The number of piperazine rings is 1. The van der Waals surface area contributed by atoms with Crippen molar-refractivity contribution in [2.45, 2.75) is 26.4 Å². The van der Waals surface area contributed by atoms with Gasteiger partial charge in [0.25, 0.3) is 0 Å². The largest absolute Gasteiger partial charge is 0.340 e. The molecule has 1 amide bonds. The quantitative estimate of drug-likeness (QED) is 0.774. The Morgan fingerprint density at radius 3 is 2.54 bits per heavy atom. The molecule has 0 bridgehead atoms. The van der Waals surface area contributed by atoms with Gasteiger partial charge in [-0.05, 0) is 19.1 Å². The topological polar surface area (TPSA) is 41.4 Å². The molecule has 2 heterocycles. The molecule has 1 aliphatic heterocycles. The van der Waals surface area contributed by atoms with Crippen LogP contribution in [0.2, 0.25) is 10.0 Å². The van der Waals surface area contributed by atoms with Crippen molar-refractivity contribution in [2.24, 2.45) is 0 Å². The average molecular weight is 399 g/mol. The first kappa shape index (κ1) is 19.1. The third-order valence-corrected chi connectivity index (χ3v) is 5.33. The minimum absolute atomic E-state index is 0.0952. The lowest BCUT2D eigenvalue weighted by atomic mass is 10.1. The maximum Gasteiger partial charge on any atom is 0.224 e. The predicted molar refractivity (Wildman–Crippen MR) is 99.9 cm³/mol. The van der Waals surface area contributed by atoms with Gasteiger partial charge in [-0.15, -0.1) is 0 Å². The first-order valence-electron chi connectivity index (χ1n) is 8.56. The van der Waals surface area contributed by atoms with Gasteiger partial charge in [0.15, 0.2) is 0 Å². The van der Waals surface area contributed by atoms with E-state index >= 15 is 0 Å². The molecule has 1 aromatic heterocycles. The first-order valence-corrected chi connectivity index (χ1v) is 9.32.